The number of fused-ring (bicyclic) bond motifs is 1. The van der Waals surface area contributed by atoms with E-state index in [-0.39, 0.29) is 11.8 Å². The molecule has 2 saturated heterocycles. The molecule has 7 heteroatoms. The highest BCUT2D eigenvalue weighted by molar-refractivity contribution is 9.10. The van der Waals surface area contributed by atoms with Crippen LogP contribution in [0.5, 0.6) is 5.75 Å². The normalized spacial score (nSPS) is 22.7. The Hall–Kier alpha value is -3.16. The van der Waals surface area contributed by atoms with Crippen molar-refractivity contribution >= 4 is 39.1 Å². The van der Waals surface area contributed by atoms with Crippen LogP contribution in [0.2, 0.25) is 0 Å². The highest BCUT2D eigenvalue weighted by Crippen LogP contribution is 2.48. The minimum atomic E-state index is -0.890. The van der Waals surface area contributed by atoms with Gasteiger partial charge in [-0.2, -0.15) is 0 Å². The summed E-state index contributed by atoms with van der Waals surface area (Å²) in [4.78, 5) is 34.2. The molecule has 0 bridgehead atoms. The van der Waals surface area contributed by atoms with Crippen LogP contribution in [0, 0.1) is 5.92 Å². The predicted molar refractivity (Wildman–Crippen MR) is 120 cm³/mol. The Morgan fingerprint density at radius 2 is 1.52 bits per heavy atom. The summed E-state index contributed by atoms with van der Waals surface area (Å²) in [6, 6.07) is 23.6. The van der Waals surface area contributed by atoms with E-state index >= 15 is 0 Å². The van der Waals surface area contributed by atoms with Gasteiger partial charge in [0.25, 0.3) is 5.91 Å². The molecule has 0 aromatic heterocycles. The zero-order valence-corrected chi connectivity index (χ0v) is 18.2. The topological polar surface area (TPSA) is 59.1 Å². The van der Waals surface area contributed by atoms with Gasteiger partial charge in [-0.25, -0.2) is 9.96 Å². The molecule has 2 aliphatic rings. The maximum Gasteiger partial charge on any atom is 0.266 e. The number of imide groups is 1. The van der Waals surface area contributed by atoms with Gasteiger partial charge in [0.15, 0.2) is 6.10 Å². The number of carbonyl (C=O) groups excluding carboxylic acids is 2. The summed E-state index contributed by atoms with van der Waals surface area (Å²) < 4.78 is 6.12. The molecule has 3 atom stereocenters. The van der Waals surface area contributed by atoms with Crippen molar-refractivity contribution in [2.75, 3.05) is 17.1 Å². The van der Waals surface area contributed by atoms with Crippen molar-refractivity contribution in [1.29, 1.82) is 0 Å². The zero-order valence-electron chi connectivity index (χ0n) is 16.6. The second-order valence-corrected chi connectivity index (χ2v) is 8.25. The first-order valence-electron chi connectivity index (χ1n) is 9.87. The lowest BCUT2D eigenvalue weighted by Gasteiger charge is -2.29. The molecule has 6 nitrogen and oxygen atoms in total. The molecule has 0 aliphatic carbocycles. The van der Waals surface area contributed by atoms with Gasteiger partial charge in [0.05, 0.1) is 29.0 Å². The van der Waals surface area contributed by atoms with Crippen LogP contribution in [0.15, 0.2) is 83.3 Å². The van der Waals surface area contributed by atoms with E-state index in [1.54, 1.807) is 36.4 Å². The standard InChI is InChI=1S/C24H19BrN2O4/c1-30-19-13-12-15(14-18(19)25)21-20-22(31-27(21)17-10-6-3-7-11-17)24(29)26(23(20)28)16-8-4-2-5-9-16/h2-14,20-22H,1H3/t20-,21+,22+/m1/s1. The van der Waals surface area contributed by atoms with Crippen molar-refractivity contribution in [1.82, 2.24) is 0 Å². The molecule has 2 amide bonds. The molecule has 0 unspecified atom stereocenters. The Balaban J connectivity index is 1.60. The Morgan fingerprint density at radius 3 is 2.13 bits per heavy atom. The summed E-state index contributed by atoms with van der Waals surface area (Å²) in [6.07, 6.45) is -0.890. The van der Waals surface area contributed by atoms with Crippen molar-refractivity contribution < 1.29 is 19.2 Å². The van der Waals surface area contributed by atoms with Gasteiger partial charge in [-0.05, 0) is 57.9 Å². The first kappa shape index (κ1) is 19.8. The molecule has 3 aromatic carbocycles. The number of hydrogen-bond acceptors (Lipinski definition) is 5. The lowest BCUT2D eigenvalue weighted by Crippen LogP contribution is -2.37. The van der Waals surface area contributed by atoms with Crippen molar-refractivity contribution in [3.8, 4) is 5.75 Å². The SMILES string of the molecule is COc1ccc([C@H]2[C@H]3C(=O)N(c4ccccc4)C(=O)[C@H]3ON2c2ccccc2)cc1Br. The molecule has 5 rings (SSSR count). The average Bonchev–Trinajstić information content (AvgIpc) is 3.31. The summed E-state index contributed by atoms with van der Waals surface area (Å²) in [7, 11) is 1.60. The Labute approximate surface area is 188 Å². The molecule has 0 radical (unpaired) electrons. The number of anilines is 2. The summed E-state index contributed by atoms with van der Waals surface area (Å²) in [5.41, 5.74) is 2.18. The van der Waals surface area contributed by atoms with Gasteiger partial charge >= 0.3 is 0 Å². The van der Waals surface area contributed by atoms with Crippen LogP contribution in [-0.4, -0.2) is 25.0 Å². The number of hydrogen-bond donors (Lipinski definition) is 0. The van der Waals surface area contributed by atoms with Gasteiger partial charge in [-0.3, -0.25) is 14.4 Å². The number of hydroxylamine groups is 1. The first-order valence-corrected chi connectivity index (χ1v) is 10.7. The zero-order chi connectivity index (χ0) is 21.5. The van der Waals surface area contributed by atoms with E-state index in [0.29, 0.717) is 11.4 Å². The molecule has 156 valence electrons. The number of rotatable bonds is 4. The van der Waals surface area contributed by atoms with E-state index in [4.69, 9.17) is 9.57 Å². The second-order valence-electron chi connectivity index (χ2n) is 7.40. The van der Waals surface area contributed by atoms with Crippen LogP contribution >= 0.6 is 15.9 Å². The van der Waals surface area contributed by atoms with Crippen LogP contribution in [0.1, 0.15) is 11.6 Å². The third-order valence-electron chi connectivity index (χ3n) is 5.66. The molecule has 0 N–H and O–H groups in total. The number of methoxy groups -OCH3 is 1. The van der Waals surface area contributed by atoms with E-state index in [2.05, 4.69) is 15.9 Å². The fourth-order valence-corrected chi connectivity index (χ4v) is 4.81. The van der Waals surface area contributed by atoms with Crippen LogP contribution < -0.4 is 14.7 Å². The second kappa shape index (κ2) is 7.83. The molecule has 31 heavy (non-hydrogen) atoms. The first-order chi connectivity index (χ1) is 15.1. The summed E-state index contributed by atoms with van der Waals surface area (Å²) in [5.74, 6) is -0.604. The van der Waals surface area contributed by atoms with Gasteiger partial charge in [0.2, 0.25) is 5.91 Å². The van der Waals surface area contributed by atoms with Crippen molar-refractivity contribution in [2.24, 2.45) is 5.92 Å². The largest absolute Gasteiger partial charge is 0.496 e. The van der Waals surface area contributed by atoms with Crippen molar-refractivity contribution in [3.63, 3.8) is 0 Å². The number of benzene rings is 3. The highest BCUT2D eigenvalue weighted by atomic mass is 79.9. The maximum absolute atomic E-state index is 13.5. The molecular formula is C24H19BrN2O4. The smallest absolute Gasteiger partial charge is 0.266 e. The molecule has 2 heterocycles. The minimum Gasteiger partial charge on any atom is -0.496 e. The number of ether oxygens (including phenoxy) is 1. The molecule has 3 aromatic rings. The average molecular weight is 479 g/mol. The minimum absolute atomic E-state index is 0.267. The monoisotopic (exact) mass is 478 g/mol. The van der Waals surface area contributed by atoms with Crippen molar-refractivity contribution in [3.05, 3.63) is 88.9 Å². The molecule has 0 saturated carbocycles. The van der Waals surface area contributed by atoms with Gasteiger partial charge in [0, 0.05) is 0 Å². The van der Waals surface area contributed by atoms with Gasteiger partial charge in [0.1, 0.15) is 11.7 Å². The van der Waals surface area contributed by atoms with Gasteiger partial charge in [-0.15, -0.1) is 0 Å². The Kier molecular flexibility index (Phi) is 5.00. The van der Waals surface area contributed by atoms with E-state index in [1.807, 2.05) is 54.6 Å². The fraction of sp³-hybridized carbons (Fsp3) is 0.167. The number of amides is 2. The predicted octanol–water partition coefficient (Wildman–Crippen LogP) is 4.51. The number of para-hydroxylation sites is 2. The summed E-state index contributed by atoms with van der Waals surface area (Å²) in [5, 5.41) is 1.68. The number of carbonyl (C=O) groups is 2. The fourth-order valence-electron chi connectivity index (χ4n) is 4.25. The summed E-state index contributed by atoms with van der Waals surface area (Å²) >= 11 is 3.53. The van der Waals surface area contributed by atoms with Crippen molar-refractivity contribution in [2.45, 2.75) is 12.1 Å². The van der Waals surface area contributed by atoms with Crippen LogP contribution in [0.4, 0.5) is 11.4 Å². The van der Waals surface area contributed by atoms with E-state index in [0.717, 1.165) is 15.7 Å². The molecule has 2 aliphatic heterocycles. The lowest BCUT2D eigenvalue weighted by molar-refractivity contribution is -0.126. The third-order valence-corrected chi connectivity index (χ3v) is 6.28. The molecule has 2 fully saturated rings. The highest BCUT2D eigenvalue weighted by Gasteiger charge is 2.60. The number of halogens is 1. The third kappa shape index (κ3) is 3.21. The van der Waals surface area contributed by atoms with Gasteiger partial charge in [-0.1, -0.05) is 42.5 Å². The van der Waals surface area contributed by atoms with E-state index < -0.39 is 18.1 Å². The van der Waals surface area contributed by atoms with Gasteiger partial charge < -0.3 is 4.74 Å². The maximum atomic E-state index is 13.5. The summed E-state index contributed by atoms with van der Waals surface area (Å²) in [6.45, 7) is 0. The van der Waals surface area contributed by atoms with Crippen LogP contribution in [0.25, 0.3) is 0 Å². The lowest BCUT2D eigenvalue weighted by atomic mass is 9.90. The number of nitrogens with zero attached hydrogens (tertiary/aromatic N) is 2. The molecular weight excluding hydrogens is 460 g/mol. The quantitative estimate of drug-likeness (QED) is 0.516. The Morgan fingerprint density at radius 1 is 0.871 bits per heavy atom. The Bertz CT molecular complexity index is 1140. The van der Waals surface area contributed by atoms with Crippen LogP contribution in [0.3, 0.4) is 0 Å². The van der Waals surface area contributed by atoms with E-state index in [1.165, 1.54) is 4.90 Å². The molecule has 0 spiro atoms. The van der Waals surface area contributed by atoms with Crippen LogP contribution in [-0.2, 0) is 14.4 Å². The van der Waals surface area contributed by atoms with E-state index in [9.17, 15) is 9.59 Å².